The third-order valence-electron chi connectivity index (χ3n) is 7.83. The fourth-order valence-corrected chi connectivity index (χ4v) is 5.66. The summed E-state index contributed by atoms with van der Waals surface area (Å²) in [4.78, 5) is 14.0. The fourth-order valence-electron chi connectivity index (χ4n) is 4.63. The van der Waals surface area contributed by atoms with Gasteiger partial charge in [-0.3, -0.25) is 4.79 Å². The molecule has 5 nitrogen and oxygen atoms in total. The highest BCUT2D eigenvalue weighted by Gasteiger charge is 2.37. The normalized spacial score (nSPS) is 13.6. The number of fused-ring (bicyclic) bond motifs is 3. The highest BCUT2D eigenvalue weighted by Crippen LogP contribution is 2.46. The van der Waals surface area contributed by atoms with E-state index < -0.39 is 8.32 Å². The van der Waals surface area contributed by atoms with Crippen molar-refractivity contribution in [1.82, 2.24) is 0 Å². The molecule has 0 spiro atoms. The molecule has 0 fully saturated rings. The van der Waals surface area contributed by atoms with Crippen LogP contribution in [-0.2, 0) is 4.43 Å². The van der Waals surface area contributed by atoms with E-state index in [0.717, 1.165) is 22.1 Å². The van der Waals surface area contributed by atoms with E-state index in [2.05, 4.69) is 40.4 Å². The second-order valence-electron chi connectivity index (χ2n) is 11.7. The molecule has 206 valence electrons. The van der Waals surface area contributed by atoms with Gasteiger partial charge >= 0.3 is 0 Å². The lowest BCUT2D eigenvalue weighted by Crippen LogP contribution is -2.41. The largest absolute Gasteiger partial charge is 0.491 e. The minimum Gasteiger partial charge on any atom is -0.491 e. The van der Waals surface area contributed by atoms with Crippen LogP contribution in [0.5, 0.6) is 11.5 Å². The zero-order valence-electron chi connectivity index (χ0n) is 24.1. The van der Waals surface area contributed by atoms with Crippen molar-refractivity contribution in [3.63, 3.8) is 0 Å². The van der Waals surface area contributed by atoms with Crippen molar-refractivity contribution in [1.29, 1.82) is 0 Å². The third-order valence-corrected chi connectivity index (χ3v) is 12.4. The maximum absolute atomic E-state index is 14.0. The Morgan fingerprint density at radius 2 is 1.73 bits per heavy atom. The van der Waals surface area contributed by atoms with E-state index in [1.165, 1.54) is 0 Å². The van der Waals surface area contributed by atoms with Gasteiger partial charge in [-0.2, -0.15) is 0 Å². The number of hydrogen-bond acceptors (Lipinski definition) is 5. The predicted molar refractivity (Wildman–Crippen MR) is 164 cm³/mol. The molecule has 2 heterocycles. The number of benzene rings is 3. The second-order valence-corrected chi connectivity index (χ2v) is 16.5. The number of furan rings is 1. The van der Waals surface area contributed by atoms with Crippen molar-refractivity contribution < 1.29 is 23.1 Å². The van der Waals surface area contributed by atoms with Gasteiger partial charge in [-0.15, -0.1) is 0 Å². The van der Waals surface area contributed by atoms with Crippen LogP contribution in [-0.4, -0.2) is 27.3 Å². The van der Waals surface area contributed by atoms with E-state index in [0.29, 0.717) is 47.2 Å². The molecule has 1 aliphatic heterocycles. The molecule has 0 bridgehead atoms. The summed E-state index contributed by atoms with van der Waals surface area (Å²) >= 11 is 0. The first kappa shape index (κ1) is 27.7. The standard InChI is InChI=1S/C34H36O5Si/c1-22-20-23(2)38-32-27(22)16-17-28-30(32)29(24-12-9-8-10-13-24)33(39-28)31(35)25-14-11-15-26(21-25)36-18-19-37-40(6,7)34(3,4)5/h8-17,20-21H,2,18-19H2,1,3-7H3. The molecular weight excluding hydrogens is 516 g/mol. The van der Waals surface area contributed by atoms with Crippen molar-refractivity contribution >= 4 is 30.6 Å². The molecule has 1 aromatic heterocycles. The molecule has 0 unspecified atom stereocenters. The second kappa shape index (κ2) is 10.6. The number of ether oxygens (including phenoxy) is 2. The Morgan fingerprint density at radius 3 is 2.45 bits per heavy atom. The quantitative estimate of drug-likeness (QED) is 0.124. The van der Waals surface area contributed by atoms with E-state index in [9.17, 15) is 4.79 Å². The van der Waals surface area contributed by atoms with Crippen LogP contribution < -0.4 is 9.47 Å². The Labute approximate surface area is 237 Å². The zero-order chi connectivity index (χ0) is 28.7. The van der Waals surface area contributed by atoms with Gasteiger partial charge in [0, 0.05) is 16.7 Å². The van der Waals surface area contributed by atoms with E-state index >= 15 is 0 Å². The Balaban J connectivity index is 1.49. The van der Waals surface area contributed by atoms with Crippen LogP contribution in [0, 0.1) is 0 Å². The molecule has 3 aromatic carbocycles. The fraction of sp³-hybridized carbons (Fsp3) is 0.265. The van der Waals surface area contributed by atoms with Crippen LogP contribution in [0.3, 0.4) is 0 Å². The molecular formula is C34H36O5Si. The van der Waals surface area contributed by atoms with Gasteiger partial charge in [0.05, 0.1) is 12.0 Å². The zero-order valence-corrected chi connectivity index (χ0v) is 25.1. The molecule has 6 heteroatoms. The first-order valence-electron chi connectivity index (χ1n) is 13.6. The summed E-state index contributed by atoms with van der Waals surface area (Å²) < 4.78 is 24.6. The van der Waals surface area contributed by atoms with Gasteiger partial charge in [0.25, 0.3) is 0 Å². The molecule has 0 atom stereocenters. The first-order chi connectivity index (χ1) is 19.0. The highest BCUT2D eigenvalue weighted by atomic mass is 28.4. The lowest BCUT2D eigenvalue weighted by atomic mass is 9.94. The number of carbonyl (C=O) groups excluding carboxylic acids is 1. The molecule has 4 aromatic rings. The van der Waals surface area contributed by atoms with Crippen LogP contribution in [0.4, 0.5) is 0 Å². The van der Waals surface area contributed by atoms with E-state index in [1.807, 2.05) is 67.6 Å². The summed E-state index contributed by atoms with van der Waals surface area (Å²) in [6, 6.07) is 20.9. The number of ketones is 1. The lowest BCUT2D eigenvalue weighted by Gasteiger charge is -2.36. The predicted octanol–water partition coefficient (Wildman–Crippen LogP) is 9.04. The first-order valence-corrected chi connectivity index (χ1v) is 16.5. The molecule has 1 aliphatic rings. The van der Waals surface area contributed by atoms with Gasteiger partial charge in [0.1, 0.15) is 29.4 Å². The minimum atomic E-state index is -1.86. The Kier molecular flexibility index (Phi) is 7.34. The number of allylic oxidation sites excluding steroid dienone is 2. The summed E-state index contributed by atoms with van der Waals surface area (Å²) in [6.45, 7) is 18.0. The minimum absolute atomic E-state index is 0.134. The van der Waals surface area contributed by atoms with Crippen LogP contribution in [0.1, 0.15) is 49.4 Å². The van der Waals surface area contributed by atoms with Crippen LogP contribution >= 0.6 is 0 Å². The van der Waals surface area contributed by atoms with Gasteiger partial charge < -0.3 is 18.3 Å². The molecule has 5 rings (SSSR count). The Hall–Kier alpha value is -3.87. The van der Waals surface area contributed by atoms with Gasteiger partial charge in [0.2, 0.25) is 5.78 Å². The summed E-state index contributed by atoms with van der Waals surface area (Å²) in [5.74, 6) is 1.85. The summed E-state index contributed by atoms with van der Waals surface area (Å²) in [5.41, 5.74) is 4.63. The lowest BCUT2D eigenvalue weighted by molar-refractivity contribution is 0.101. The Morgan fingerprint density at radius 1 is 0.975 bits per heavy atom. The summed E-state index contributed by atoms with van der Waals surface area (Å²) in [7, 11) is -1.86. The number of hydrogen-bond donors (Lipinski definition) is 0. The summed E-state index contributed by atoms with van der Waals surface area (Å²) in [6.07, 6.45) is 1.91. The van der Waals surface area contributed by atoms with E-state index in [1.54, 1.807) is 12.1 Å². The smallest absolute Gasteiger partial charge is 0.229 e. The molecule has 0 radical (unpaired) electrons. The summed E-state index contributed by atoms with van der Waals surface area (Å²) in [5, 5.41) is 0.894. The van der Waals surface area contributed by atoms with E-state index in [4.69, 9.17) is 18.3 Å². The van der Waals surface area contributed by atoms with Crippen molar-refractivity contribution in [2.45, 2.75) is 45.8 Å². The molecule has 0 N–H and O–H groups in total. The van der Waals surface area contributed by atoms with Crippen molar-refractivity contribution in [2.75, 3.05) is 13.2 Å². The van der Waals surface area contributed by atoms with Crippen molar-refractivity contribution in [3.8, 4) is 22.6 Å². The molecule has 0 amide bonds. The Bertz CT molecular complexity index is 1620. The molecule has 0 aliphatic carbocycles. The molecule has 0 saturated heterocycles. The van der Waals surface area contributed by atoms with E-state index in [-0.39, 0.29) is 16.6 Å². The van der Waals surface area contributed by atoms with Crippen LogP contribution in [0.2, 0.25) is 18.1 Å². The highest BCUT2D eigenvalue weighted by molar-refractivity contribution is 6.74. The maximum Gasteiger partial charge on any atom is 0.229 e. The molecule has 0 saturated carbocycles. The average Bonchev–Trinajstić information content (AvgIpc) is 3.31. The topological polar surface area (TPSA) is 57.9 Å². The van der Waals surface area contributed by atoms with Crippen molar-refractivity contribution in [2.24, 2.45) is 0 Å². The van der Waals surface area contributed by atoms with Gasteiger partial charge in [-0.25, -0.2) is 0 Å². The maximum atomic E-state index is 14.0. The van der Waals surface area contributed by atoms with Crippen LogP contribution in [0.25, 0.3) is 27.7 Å². The number of carbonyl (C=O) groups is 1. The van der Waals surface area contributed by atoms with Gasteiger partial charge in [0.15, 0.2) is 14.1 Å². The number of rotatable bonds is 8. The van der Waals surface area contributed by atoms with Crippen LogP contribution in [0.15, 0.2) is 89.6 Å². The third kappa shape index (κ3) is 5.29. The average molecular weight is 553 g/mol. The van der Waals surface area contributed by atoms with Gasteiger partial charge in [-0.05, 0) is 66.5 Å². The van der Waals surface area contributed by atoms with Gasteiger partial charge in [-0.1, -0.05) is 69.8 Å². The van der Waals surface area contributed by atoms with Crippen molar-refractivity contribution in [3.05, 3.63) is 102 Å². The molecule has 40 heavy (non-hydrogen) atoms. The SMILES string of the molecule is C=C1C=C(C)c2ccc3oc(C(=O)c4cccc(OCCO[Si](C)(C)C(C)(C)C)c4)c(-c4ccccc4)c3c2O1. The monoisotopic (exact) mass is 552 g/mol.